The summed E-state index contributed by atoms with van der Waals surface area (Å²) in [5.41, 5.74) is 6.94. The molecule has 0 spiro atoms. The molecule has 0 saturated carbocycles. The normalized spacial score (nSPS) is 10.6. The average molecular weight is 248 g/mol. The fourth-order valence-corrected chi connectivity index (χ4v) is 1.90. The third kappa shape index (κ3) is 2.90. The Labute approximate surface area is 106 Å². The Morgan fingerprint density at radius 1 is 1.33 bits per heavy atom. The van der Waals surface area contributed by atoms with Crippen molar-refractivity contribution in [3.8, 4) is 0 Å². The van der Waals surface area contributed by atoms with Crippen molar-refractivity contribution in [3.63, 3.8) is 0 Å². The zero-order valence-electron chi connectivity index (χ0n) is 10.4. The van der Waals surface area contributed by atoms with E-state index in [1.165, 1.54) is 0 Å². The van der Waals surface area contributed by atoms with E-state index < -0.39 is 0 Å². The third-order valence-electron chi connectivity index (χ3n) is 2.83. The molecule has 1 aromatic heterocycles. The van der Waals surface area contributed by atoms with Crippen molar-refractivity contribution in [1.29, 1.82) is 0 Å². The standard InChI is InChI=1S/C14H17FN2O/c1-17(10-12-3-2-8-18-12)14-5-4-11(6-7-16)9-13(14)15/h2-5,8-9H,6-7,10,16H2,1H3. The second-order valence-corrected chi connectivity index (χ2v) is 4.26. The highest BCUT2D eigenvalue weighted by Crippen LogP contribution is 2.21. The van der Waals surface area contributed by atoms with Crippen LogP contribution in [0.1, 0.15) is 11.3 Å². The van der Waals surface area contributed by atoms with Crippen LogP contribution in [-0.2, 0) is 13.0 Å². The summed E-state index contributed by atoms with van der Waals surface area (Å²) in [5.74, 6) is 0.581. The van der Waals surface area contributed by atoms with E-state index in [1.54, 1.807) is 18.4 Å². The highest BCUT2D eigenvalue weighted by atomic mass is 19.1. The number of anilines is 1. The summed E-state index contributed by atoms with van der Waals surface area (Å²) in [5, 5.41) is 0. The summed E-state index contributed by atoms with van der Waals surface area (Å²) >= 11 is 0. The molecule has 0 saturated heterocycles. The van der Waals surface area contributed by atoms with Gasteiger partial charge in [-0.2, -0.15) is 0 Å². The van der Waals surface area contributed by atoms with Gasteiger partial charge in [0.1, 0.15) is 11.6 Å². The SMILES string of the molecule is CN(Cc1ccco1)c1ccc(CCN)cc1F. The molecule has 1 heterocycles. The van der Waals surface area contributed by atoms with E-state index in [0.717, 1.165) is 11.3 Å². The van der Waals surface area contributed by atoms with Crippen LogP contribution in [0.25, 0.3) is 0 Å². The summed E-state index contributed by atoms with van der Waals surface area (Å²) in [6, 6.07) is 8.93. The quantitative estimate of drug-likeness (QED) is 0.884. The lowest BCUT2D eigenvalue weighted by molar-refractivity contribution is 0.505. The first-order chi connectivity index (χ1) is 8.70. The van der Waals surface area contributed by atoms with Crippen molar-refractivity contribution in [2.45, 2.75) is 13.0 Å². The van der Waals surface area contributed by atoms with Crippen LogP contribution in [0.5, 0.6) is 0 Å². The summed E-state index contributed by atoms with van der Waals surface area (Å²) in [6.07, 6.45) is 2.31. The summed E-state index contributed by atoms with van der Waals surface area (Å²) in [7, 11) is 1.84. The van der Waals surface area contributed by atoms with E-state index in [2.05, 4.69) is 0 Å². The zero-order chi connectivity index (χ0) is 13.0. The van der Waals surface area contributed by atoms with Gasteiger partial charge in [-0.3, -0.25) is 0 Å². The van der Waals surface area contributed by atoms with Gasteiger partial charge in [0.15, 0.2) is 0 Å². The Kier molecular flexibility index (Phi) is 3.99. The first kappa shape index (κ1) is 12.6. The highest BCUT2D eigenvalue weighted by Gasteiger charge is 2.09. The van der Waals surface area contributed by atoms with Crippen molar-refractivity contribution in [2.75, 3.05) is 18.5 Å². The van der Waals surface area contributed by atoms with Crippen LogP contribution in [0.4, 0.5) is 10.1 Å². The van der Waals surface area contributed by atoms with E-state index in [-0.39, 0.29) is 5.82 Å². The number of benzene rings is 1. The van der Waals surface area contributed by atoms with Crippen molar-refractivity contribution in [3.05, 3.63) is 53.7 Å². The molecule has 2 aromatic rings. The lowest BCUT2D eigenvalue weighted by atomic mass is 10.1. The Balaban J connectivity index is 2.12. The Morgan fingerprint density at radius 2 is 2.17 bits per heavy atom. The number of hydrogen-bond acceptors (Lipinski definition) is 3. The Bertz CT molecular complexity index is 497. The minimum Gasteiger partial charge on any atom is -0.467 e. The number of halogens is 1. The van der Waals surface area contributed by atoms with Crippen LogP contribution < -0.4 is 10.6 Å². The molecule has 0 aliphatic carbocycles. The molecule has 0 aliphatic heterocycles. The second kappa shape index (κ2) is 5.69. The Morgan fingerprint density at radius 3 is 2.78 bits per heavy atom. The number of rotatable bonds is 5. The smallest absolute Gasteiger partial charge is 0.146 e. The van der Waals surface area contributed by atoms with Gasteiger partial charge in [0.2, 0.25) is 0 Å². The number of hydrogen-bond donors (Lipinski definition) is 1. The molecule has 18 heavy (non-hydrogen) atoms. The number of nitrogens with two attached hydrogens (primary N) is 1. The van der Waals surface area contributed by atoms with E-state index in [9.17, 15) is 4.39 Å². The molecule has 0 amide bonds. The van der Waals surface area contributed by atoms with Crippen LogP contribution in [-0.4, -0.2) is 13.6 Å². The molecule has 2 rings (SSSR count). The Hall–Kier alpha value is -1.81. The van der Waals surface area contributed by atoms with Crippen molar-refractivity contribution in [2.24, 2.45) is 5.73 Å². The summed E-state index contributed by atoms with van der Waals surface area (Å²) < 4.78 is 19.2. The van der Waals surface area contributed by atoms with Gasteiger partial charge in [-0.25, -0.2) is 4.39 Å². The number of nitrogens with zero attached hydrogens (tertiary/aromatic N) is 1. The van der Waals surface area contributed by atoms with Crippen molar-refractivity contribution in [1.82, 2.24) is 0 Å². The highest BCUT2D eigenvalue weighted by molar-refractivity contribution is 5.48. The first-order valence-corrected chi connectivity index (χ1v) is 5.92. The van der Waals surface area contributed by atoms with Gasteiger partial charge in [-0.15, -0.1) is 0 Å². The third-order valence-corrected chi connectivity index (χ3v) is 2.83. The van der Waals surface area contributed by atoms with E-state index in [4.69, 9.17) is 10.2 Å². The minimum atomic E-state index is -0.227. The monoisotopic (exact) mass is 248 g/mol. The first-order valence-electron chi connectivity index (χ1n) is 5.92. The maximum absolute atomic E-state index is 13.9. The van der Waals surface area contributed by atoms with Gasteiger partial charge in [-0.05, 0) is 42.8 Å². The van der Waals surface area contributed by atoms with Gasteiger partial charge in [0.25, 0.3) is 0 Å². The molecule has 0 atom stereocenters. The molecule has 96 valence electrons. The predicted molar refractivity (Wildman–Crippen MR) is 70.0 cm³/mol. The molecule has 1 aromatic carbocycles. The molecule has 0 unspecified atom stereocenters. The van der Waals surface area contributed by atoms with Crippen LogP contribution >= 0.6 is 0 Å². The lowest BCUT2D eigenvalue weighted by Gasteiger charge is -2.19. The topological polar surface area (TPSA) is 42.4 Å². The van der Waals surface area contributed by atoms with Gasteiger partial charge in [0, 0.05) is 7.05 Å². The van der Waals surface area contributed by atoms with E-state index in [1.807, 2.05) is 30.1 Å². The van der Waals surface area contributed by atoms with E-state index in [0.29, 0.717) is 25.2 Å². The maximum Gasteiger partial charge on any atom is 0.146 e. The molecule has 0 radical (unpaired) electrons. The molecular formula is C14H17FN2O. The molecule has 4 heteroatoms. The molecule has 0 bridgehead atoms. The maximum atomic E-state index is 13.9. The molecule has 2 N–H and O–H groups in total. The lowest BCUT2D eigenvalue weighted by Crippen LogP contribution is -2.17. The van der Waals surface area contributed by atoms with Gasteiger partial charge in [-0.1, -0.05) is 6.07 Å². The molecular weight excluding hydrogens is 231 g/mol. The predicted octanol–water partition coefficient (Wildman–Crippen LogP) is 2.56. The van der Waals surface area contributed by atoms with Crippen molar-refractivity contribution < 1.29 is 8.81 Å². The number of furan rings is 1. The van der Waals surface area contributed by atoms with Crippen LogP contribution in [0.3, 0.4) is 0 Å². The van der Waals surface area contributed by atoms with Crippen LogP contribution in [0.15, 0.2) is 41.0 Å². The summed E-state index contributed by atoms with van der Waals surface area (Å²) in [6.45, 7) is 1.07. The van der Waals surface area contributed by atoms with Crippen LogP contribution in [0, 0.1) is 5.82 Å². The fourth-order valence-electron chi connectivity index (χ4n) is 1.90. The molecule has 0 fully saturated rings. The average Bonchev–Trinajstić information content (AvgIpc) is 2.82. The van der Waals surface area contributed by atoms with E-state index >= 15 is 0 Å². The van der Waals surface area contributed by atoms with Gasteiger partial charge >= 0.3 is 0 Å². The molecule has 0 aliphatic rings. The van der Waals surface area contributed by atoms with Crippen LogP contribution in [0.2, 0.25) is 0 Å². The van der Waals surface area contributed by atoms with Gasteiger partial charge in [0.05, 0.1) is 18.5 Å². The largest absolute Gasteiger partial charge is 0.467 e. The fraction of sp³-hybridized carbons (Fsp3) is 0.286. The van der Waals surface area contributed by atoms with Crippen molar-refractivity contribution >= 4 is 5.69 Å². The minimum absolute atomic E-state index is 0.227. The summed E-state index contributed by atoms with van der Waals surface area (Å²) in [4.78, 5) is 1.82. The van der Waals surface area contributed by atoms with Gasteiger partial charge < -0.3 is 15.1 Å². The second-order valence-electron chi connectivity index (χ2n) is 4.26. The zero-order valence-corrected chi connectivity index (χ0v) is 10.4. The molecule has 3 nitrogen and oxygen atoms in total.